The highest BCUT2D eigenvalue weighted by Gasteiger charge is 2.29. The van der Waals surface area contributed by atoms with E-state index in [9.17, 15) is 4.79 Å². The van der Waals surface area contributed by atoms with Gasteiger partial charge in [0.15, 0.2) is 0 Å². The van der Waals surface area contributed by atoms with Gasteiger partial charge in [-0.1, -0.05) is 26.7 Å². The van der Waals surface area contributed by atoms with Crippen molar-refractivity contribution < 1.29 is 9.53 Å². The highest BCUT2D eigenvalue weighted by atomic mass is 35.5. The zero-order chi connectivity index (χ0) is 11.3. The van der Waals surface area contributed by atoms with Gasteiger partial charge >= 0.3 is 0 Å². The van der Waals surface area contributed by atoms with Crippen molar-refractivity contribution in [2.75, 3.05) is 13.2 Å². The van der Waals surface area contributed by atoms with Crippen LogP contribution in [0.3, 0.4) is 0 Å². The first-order valence-electron chi connectivity index (χ1n) is 5.88. The molecule has 1 saturated carbocycles. The van der Waals surface area contributed by atoms with Crippen LogP contribution in [0.4, 0.5) is 0 Å². The van der Waals surface area contributed by atoms with Gasteiger partial charge in [0.1, 0.15) is 0 Å². The molecule has 1 rings (SSSR count). The van der Waals surface area contributed by atoms with E-state index >= 15 is 0 Å². The average Bonchev–Trinajstić information content (AvgIpc) is 2.63. The number of rotatable bonds is 6. The Bertz CT molecular complexity index is 198. The zero-order valence-corrected chi connectivity index (χ0v) is 10.4. The van der Waals surface area contributed by atoms with Gasteiger partial charge in [-0.3, -0.25) is 4.79 Å². The van der Waals surface area contributed by atoms with Gasteiger partial charge in [0.05, 0.1) is 12.5 Å². The third-order valence-corrected chi connectivity index (χ3v) is 3.29. The molecule has 0 aromatic carbocycles. The van der Waals surface area contributed by atoms with E-state index < -0.39 is 0 Å². The Kier molecular flexibility index (Phi) is 5.62. The van der Waals surface area contributed by atoms with Crippen LogP contribution in [-0.4, -0.2) is 18.5 Å². The molecule has 0 aromatic rings. The zero-order valence-electron chi connectivity index (χ0n) is 9.67. The Labute approximate surface area is 97.3 Å². The fourth-order valence-corrected chi connectivity index (χ4v) is 2.42. The highest BCUT2D eigenvalue weighted by Crippen LogP contribution is 2.32. The second kappa shape index (κ2) is 6.49. The lowest BCUT2D eigenvalue weighted by atomic mass is 9.93. The largest absolute Gasteiger partial charge is 0.380 e. The second-order valence-electron chi connectivity index (χ2n) is 4.89. The van der Waals surface area contributed by atoms with Gasteiger partial charge in [0.25, 0.3) is 0 Å². The van der Waals surface area contributed by atoms with Gasteiger partial charge in [-0.25, -0.2) is 0 Å². The van der Waals surface area contributed by atoms with E-state index in [0.717, 1.165) is 12.8 Å². The molecule has 0 aliphatic heterocycles. The van der Waals surface area contributed by atoms with Crippen LogP contribution in [0.25, 0.3) is 0 Å². The van der Waals surface area contributed by atoms with E-state index in [1.54, 1.807) is 0 Å². The van der Waals surface area contributed by atoms with Crippen molar-refractivity contribution in [3.8, 4) is 0 Å². The van der Waals surface area contributed by atoms with Crippen molar-refractivity contribution in [1.29, 1.82) is 0 Å². The summed E-state index contributed by atoms with van der Waals surface area (Å²) in [6, 6.07) is 0. The minimum atomic E-state index is -0.217. The minimum Gasteiger partial charge on any atom is -0.380 e. The summed E-state index contributed by atoms with van der Waals surface area (Å²) >= 11 is 5.62. The van der Waals surface area contributed by atoms with Crippen molar-refractivity contribution in [3.05, 3.63) is 0 Å². The molecule has 0 heterocycles. The Hall–Kier alpha value is -0.0800. The van der Waals surface area contributed by atoms with E-state index in [1.807, 2.05) is 0 Å². The van der Waals surface area contributed by atoms with E-state index in [2.05, 4.69) is 13.8 Å². The molecule has 0 amide bonds. The average molecular weight is 233 g/mol. The Balaban J connectivity index is 2.33. The molecule has 0 saturated heterocycles. The summed E-state index contributed by atoms with van der Waals surface area (Å²) in [7, 11) is 0. The molecular weight excluding hydrogens is 212 g/mol. The van der Waals surface area contributed by atoms with Crippen LogP contribution in [0, 0.1) is 17.8 Å². The molecule has 15 heavy (non-hydrogen) atoms. The maximum absolute atomic E-state index is 11.3. The molecule has 1 atom stereocenters. The molecule has 0 spiro atoms. The lowest BCUT2D eigenvalue weighted by Gasteiger charge is -2.19. The summed E-state index contributed by atoms with van der Waals surface area (Å²) in [5.74, 6) is 0.898. The van der Waals surface area contributed by atoms with Crippen LogP contribution in [0.15, 0.2) is 0 Å². The smallest absolute Gasteiger partial charge is 0.227 e. The van der Waals surface area contributed by atoms with E-state index in [0.29, 0.717) is 25.0 Å². The summed E-state index contributed by atoms with van der Waals surface area (Å²) < 4.78 is 5.53. The van der Waals surface area contributed by atoms with Crippen LogP contribution in [0.5, 0.6) is 0 Å². The second-order valence-corrected chi connectivity index (χ2v) is 5.26. The van der Waals surface area contributed by atoms with Crippen LogP contribution in [-0.2, 0) is 9.53 Å². The third kappa shape index (κ3) is 4.52. The fourth-order valence-electron chi connectivity index (χ4n) is 2.18. The standard InChI is InChI=1S/C12H21ClO2/c1-9(2)7-15-8-11(12(13)14)10-5-3-4-6-10/h9-11H,3-8H2,1-2H3. The summed E-state index contributed by atoms with van der Waals surface area (Å²) in [4.78, 5) is 11.3. The topological polar surface area (TPSA) is 26.3 Å². The van der Waals surface area contributed by atoms with Crippen LogP contribution < -0.4 is 0 Å². The lowest BCUT2D eigenvalue weighted by Crippen LogP contribution is -2.24. The van der Waals surface area contributed by atoms with Crippen molar-refractivity contribution >= 4 is 16.8 Å². The van der Waals surface area contributed by atoms with Crippen LogP contribution in [0.2, 0.25) is 0 Å². The van der Waals surface area contributed by atoms with Crippen molar-refractivity contribution in [2.24, 2.45) is 17.8 Å². The van der Waals surface area contributed by atoms with E-state index in [1.165, 1.54) is 12.8 Å². The summed E-state index contributed by atoms with van der Waals surface area (Å²) in [5.41, 5.74) is 0. The van der Waals surface area contributed by atoms with E-state index in [-0.39, 0.29) is 11.2 Å². The number of carbonyl (C=O) groups is 1. The maximum Gasteiger partial charge on any atom is 0.227 e. The monoisotopic (exact) mass is 232 g/mol. The first-order valence-corrected chi connectivity index (χ1v) is 6.26. The van der Waals surface area contributed by atoms with E-state index in [4.69, 9.17) is 16.3 Å². The molecule has 0 aromatic heterocycles. The molecule has 1 fully saturated rings. The molecule has 2 nitrogen and oxygen atoms in total. The summed E-state index contributed by atoms with van der Waals surface area (Å²) in [6.07, 6.45) is 4.73. The SMILES string of the molecule is CC(C)COCC(C(=O)Cl)C1CCCC1. The number of ether oxygens (including phenoxy) is 1. The molecule has 1 unspecified atom stereocenters. The predicted octanol–water partition coefficient (Wildman–Crippen LogP) is 3.23. The molecule has 1 aliphatic rings. The van der Waals surface area contributed by atoms with Crippen molar-refractivity contribution in [3.63, 3.8) is 0 Å². The number of hydrogen-bond donors (Lipinski definition) is 0. The predicted molar refractivity (Wildman–Crippen MR) is 62.0 cm³/mol. The van der Waals surface area contributed by atoms with Gasteiger partial charge in [0.2, 0.25) is 5.24 Å². The van der Waals surface area contributed by atoms with Crippen molar-refractivity contribution in [2.45, 2.75) is 39.5 Å². The molecule has 0 radical (unpaired) electrons. The highest BCUT2D eigenvalue weighted by molar-refractivity contribution is 6.64. The van der Waals surface area contributed by atoms with Gasteiger partial charge in [-0.05, 0) is 36.3 Å². The molecule has 88 valence electrons. The molecule has 0 N–H and O–H groups in total. The number of hydrogen-bond acceptors (Lipinski definition) is 2. The lowest BCUT2D eigenvalue weighted by molar-refractivity contribution is -0.119. The minimum absolute atomic E-state index is 0.0760. The number of carbonyl (C=O) groups excluding carboxylic acids is 1. The molecule has 3 heteroatoms. The quantitative estimate of drug-likeness (QED) is 0.658. The fraction of sp³-hybridized carbons (Fsp3) is 0.917. The first kappa shape index (κ1) is 13.0. The molecular formula is C12H21ClO2. The van der Waals surface area contributed by atoms with Crippen LogP contribution >= 0.6 is 11.6 Å². The van der Waals surface area contributed by atoms with Gasteiger partial charge < -0.3 is 4.74 Å². The summed E-state index contributed by atoms with van der Waals surface area (Å²) in [5, 5.41) is -0.217. The Morgan fingerprint density at radius 2 is 1.93 bits per heavy atom. The Morgan fingerprint density at radius 1 is 1.33 bits per heavy atom. The first-order chi connectivity index (χ1) is 7.11. The third-order valence-electron chi connectivity index (χ3n) is 3.01. The maximum atomic E-state index is 11.3. The Morgan fingerprint density at radius 3 is 2.40 bits per heavy atom. The van der Waals surface area contributed by atoms with Crippen molar-refractivity contribution in [1.82, 2.24) is 0 Å². The van der Waals surface area contributed by atoms with Crippen LogP contribution in [0.1, 0.15) is 39.5 Å². The van der Waals surface area contributed by atoms with Gasteiger partial charge in [-0.2, -0.15) is 0 Å². The van der Waals surface area contributed by atoms with Gasteiger partial charge in [-0.15, -0.1) is 0 Å². The van der Waals surface area contributed by atoms with Gasteiger partial charge in [0, 0.05) is 6.61 Å². The normalized spacial score (nSPS) is 19.7. The summed E-state index contributed by atoms with van der Waals surface area (Å²) in [6.45, 7) is 5.43. The molecule has 1 aliphatic carbocycles. The molecule has 0 bridgehead atoms. The number of halogens is 1.